The first kappa shape index (κ1) is 18.6. The number of nitro benzene ring substituents is 1. The van der Waals surface area contributed by atoms with E-state index >= 15 is 0 Å². The molecule has 0 heterocycles. The minimum atomic E-state index is -0.777. The fourth-order valence-corrected chi connectivity index (χ4v) is 1.90. The average molecular weight is 363 g/mol. The number of nitro groups is 1. The largest absolute Gasteiger partial charge is 0.500 e. The molecular formula is C16H14FN3O6. The van der Waals surface area contributed by atoms with E-state index in [0.29, 0.717) is 0 Å². The van der Waals surface area contributed by atoms with Crippen LogP contribution in [0.25, 0.3) is 0 Å². The lowest BCUT2D eigenvalue weighted by atomic mass is 10.2. The Morgan fingerprint density at radius 3 is 2.85 bits per heavy atom. The Morgan fingerprint density at radius 1 is 1.42 bits per heavy atom. The molecule has 0 fully saturated rings. The van der Waals surface area contributed by atoms with E-state index < -0.39 is 34.7 Å². The fraction of sp³-hybridized carbons (Fsp3) is 0.125. The number of phenolic OH excluding ortho intramolecular Hbond substituents is 1. The second kappa shape index (κ2) is 8.42. The van der Waals surface area contributed by atoms with Crippen molar-refractivity contribution in [2.45, 2.75) is 0 Å². The van der Waals surface area contributed by atoms with Crippen LogP contribution in [0, 0.1) is 15.9 Å². The molecule has 2 N–H and O–H groups in total. The second-order valence-corrected chi connectivity index (χ2v) is 4.89. The van der Waals surface area contributed by atoms with Gasteiger partial charge in [-0.1, -0.05) is 6.07 Å². The van der Waals surface area contributed by atoms with Crippen LogP contribution in [0.3, 0.4) is 0 Å². The van der Waals surface area contributed by atoms with Gasteiger partial charge in [0.05, 0.1) is 18.2 Å². The maximum absolute atomic E-state index is 13.0. The zero-order chi connectivity index (χ0) is 19.1. The lowest BCUT2D eigenvalue weighted by Gasteiger charge is -2.06. The van der Waals surface area contributed by atoms with Gasteiger partial charge in [-0.2, -0.15) is 5.10 Å². The molecule has 0 atom stereocenters. The molecule has 0 spiro atoms. The van der Waals surface area contributed by atoms with Gasteiger partial charge in [0.1, 0.15) is 11.6 Å². The SMILES string of the molecule is COc1cc(/C=N/NC(=O)COc2cccc(F)c2)cc([N+](=O)[O-])c1O. The van der Waals surface area contributed by atoms with Gasteiger partial charge in [0.15, 0.2) is 12.4 Å². The Morgan fingerprint density at radius 2 is 2.19 bits per heavy atom. The standard InChI is InChI=1S/C16H14FN3O6/c1-25-14-6-10(5-13(16(14)22)20(23)24)8-18-19-15(21)9-26-12-4-2-3-11(17)7-12/h2-8,22H,9H2,1H3,(H,19,21)/b18-8+. The Bertz CT molecular complexity index is 856. The fourth-order valence-electron chi connectivity index (χ4n) is 1.90. The predicted molar refractivity (Wildman–Crippen MR) is 88.9 cm³/mol. The predicted octanol–water partition coefficient (Wildman–Crippen LogP) is 1.98. The van der Waals surface area contributed by atoms with Gasteiger partial charge in [0.2, 0.25) is 5.75 Å². The van der Waals surface area contributed by atoms with Crippen molar-refractivity contribution in [1.29, 1.82) is 0 Å². The van der Waals surface area contributed by atoms with E-state index in [-0.39, 0.29) is 17.1 Å². The van der Waals surface area contributed by atoms with E-state index in [4.69, 9.17) is 9.47 Å². The molecule has 0 aliphatic carbocycles. The van der Waals surface area contributed by atoms with Gasteiger partial charge in [0.25, 0.3) is 5.91 Å². The molecule has 136 valence electrons. The highest BCUT2D eigenvalue weighted by Gasteiger charge is 2.19. The highest BCUT2D eigenvalue weighted by Crippen LogP contribution is 2.36. The first-order valence-corrected chi connectivity index (χ1v) is 7.16. The van der Waals surface area contributed by atoms with E-state index in [0.717, 1.165) is 18.3 Å². The molecular weight excluding hydrogens is 349 g/mol. The Labute approximate surface area is 146 Å². The normalized spacial score (nSPS) is 10.5. The minimum Gasteiger partial charge on any atom is -0.500 e. The first-order chi connectivity index (χ1) is 12.4. The quantitative estimate of drug-likeness (QED) is 0.440. The molecule has 1 amide bonds. The van der Waals surface area contributed by atoms with Crippen LogP contribution in [0.4, 0.5) is 10.1 Å². The van der Waals surface area contributed by atoms with Crippen molar-refractivity contribution in [2.24, 2.45) is 5.10 Å². The smallest absolute Gasteiger partial charge is 0.315 e. The molecule has 9 nitrogen and oxygen atoms in total. The molecule has 2 aromatic rings. The average Bonchev–Trinajstić information content (AvgIpc) is 2.61. The van der Waals surface area contributed by atoms with Crippen LogP contribution < -0.4 is 14.9 Å². The van der Waals surface area contributed by atoms with Crippen molar-refractivity contribution in [3.05, 3.63) is 57.9 Å². The highest BCUT2D eigenvalue weighted by atomic mass is 19.1. The minimum absolute atomic E-state index is 0.110. The van der Waals surface area contributed by atoms with Crippen molar-refractivity contribution in [1.82, 2.24) is 5.43 Å². The molecule has 0 aliphatic rings. The number of hydrazone groups is 1. The number of hydrogen-bond donors (Lipinski definition) is 2. The summed E-state index contributed by atoms with van der Waals surface area (Å²) in [5.41, 5.74) is 1.81. The second-order valence-electron chi connectivity index (χ2n) is 4.89. The molecule has 0 unspecified atom stereocenters. The molecule has 0 radical (unpaired) electrons. The number of phenols is 1. The number of ether oxygens (including phenoxy) is 2. The van der Waals surface area contributed by atoms with Crippen LogP contribution in [-0.2, 0) is 4.79 Å². The van der Waals surface area contributed by atoms with Crippen molar-refractivity contribution < 1.29 is 28.7 Å². The Kier molecular flexibility index (Phi) is 6.04. The Hall–Kier alpha value is -3.69. The van der Waals surface area contributed by atoms with Gasteiger partial charge in [-0.15, -0.1) is 0 Å². The molecule has 0 saturated carbocycles. The highest BCUT2D eigenvalue weighted by molar-refractivity contribution is 5.85. The zero-order valence-electron chi connectivity index (χ0n) is 13.5. The maximum Gasteiger partial charge on any atom is 0.315 e. The number of aromatic hydroxyl groups is 1. The number of methoxy groups -OCH3 is 1. The third-order valence-electron chi connectivity index (χ3n) is 3.06. The van der Waals surface area contributed by atoms with Gasteiger partial charge in [-0.3, -0.25) is 14.9 Å². The van der Waals surface area contributed by atoms with Gasteiger partial charge >= 0.3 is 5.69 Å². The number of benzene rings is 2. The van der Waals surface area contributed by atoms with Crippen molar-refractivity contribution in [3.63, 3.8) is 0 Å². The molecule has 0 bridgehead atoms. The topological polar surface area (TPSA) is 123 Å². The number of halogens is 1. The lowest BCUT2D eigenvalue weighted by Crippen LogP contribution is -2.24. The monoisotopic (exact) mass is 363 g/mol. The van der Waals surface area contributed by atoms with E-state index in [1.165, 1.54) is 31.4 Å². The summed E-state index contributed by atoms with van der Waals surface area (Å²) in [5.74, 6) is -1.65. The zero-order valence-corrected chi connectivity index (χ0v) is 13.5. The van der Waals surface area contributed by atoms with E-state index in [2.05, 4.69) is 10.5 Å². The van der Waals surface area contributed by atoms with Crippen LogP contribution >= 0.6 is 0 Å². The summed E-state index contributed by atoms with van der Waals surface area (Å²) in [6, 6.07) is 7.66. The number of hydrogen-bond acceptors (Lipinski definition) is 7. The summed E-state index contributed by atoms with van der Waals surface area (Å²) in [4.78, 5) is 21.8. The number of rotatable bonds is 7. The molecule has 2 aromatic carbocycles. The van der Waals surface area contributed by atoms with Crippen molar-refractivity contribution in [3.8, 4) is 17.2 Å². The maximum atomic E-state index is 13.0. The molecule has 26 heavy (non-hydrogen) atoms. The summed E-state index contributed by atoms with van der Waals surface area (Å²) in [5, 5.41) is 24.2. The van der Waals surface area contributed by atoms with E-state index in [1.54, 1.807) is 0 Å². The molecule has 0 aromatic heterocycles. The number of amides is 1. The number of carbonyl (C=O) groups excluding carboxylic acids is 1. The summed E-state index contributed by atoms with van der Waals surface area (Å²) in [6.45, 7) is -0.403. The molecule has 10 heteroatoms. The van der Waals surface area contributed by atoms with Crippen molar-refractivity contribution >= 4 is 17.8 Å². The van der Waals surface area contributed by atoms with Gasteiger partial charge in [-0.05, 0) is 18.2 Å². The summed E-state index contributed by atoms with van der Waals surface area (Å²) >= 11 is 0. The summed E-state index contributed by atoms with van der Waals surface area (Å²) < 4.78 is 22.9. The third kappa shape index (κ3) is 4.90. The van der Waals surface area contributed by atoms with Crippen LogP contribution in [0.2, 0.25) is 0 Å². The molecule has 0 aliphatic heterocycles. The number of carbonyl (C=O) groups is 1. The Balaban J connectivity index is 1.98. The van der Waals surface area contributed by atoms with Crippen molar-refractivity contribution in [2.75, 3.05) is 13.7 Å². The van der Waals surface area contributed by atoms with Gasteiger partial charge in [-0.25, -0.2) is 9.82 Å². The number of nitrogens with zero attached hydrogens (tertiary/aromatic N) is 2. The third-order valence-corrected chi connectivity index (χ3v) is 3.06. The van der Waals surface area contributed by atoms with Crippen LogP contribution in [0.15, 0.2) is 41.5 Å². The van der Waals surface area contributed by atoms with E-state index in [1.807, 2.05) is 0 Å². The molecule has 0 saturated heterocycles. The van der Waals surface area contributed by atoms with Gasteiger partial charge < -0.3 is 14.6 Å². The summed E-state index contributed by atoms with van der Waals surface area (Å²) in [7, 11) is 1.24. The van der Waals surface area contributed by atoms with Crippen LogP contribution in [0.1, 0.15) is 5.56 Å². The number of nitrogens with one attached hydrogen (secondary N) is 1. The summed E-state index contributed by atoms with van der Waals surface area (Å²) in [6.07, 6.45) is 1.13. The first-order valence-electron chi connectivity index (χ1n) is 7.16. The molecule has 2 rings (SSSR count). The van der Waals surface area contributed by atoms with Crippen LogP contribution in [-0.4, -0.2) is 35.9 Å². The van der Waals surface area contributed by atoms with Crippen LogP contribution in [0.5, 0.6) is 17.2 Å². The van der Waals surface area contributed by atoms with Gasteiger partial charge in [0, 0.05) is 17.7 Å². The lowest BCUT2D eigenvalue weighted by molar-refractivity contribution is -0.386. The van der Waals surface area contributed by atoms with E-state index in [9.17, 15) is 24.4 Å².